The third-order valence-corrected chi connectivity index (χ3v) is 2.55. The Kier molecular flexibility index (Phi) is 5.57. The van der Waals surface area contributed by atoms with E-state index in [1.807, 2.05) is 0 Å². The summed E-state index contributed by atoms with van der Waals surface area (Å²) >= 11 is 0. The van der Waals surface area contributed by atoms with Crippen molar-refractivity contribution in [2.45, 2.75) is 19.2 Å². The van der Waals surface area contributed by atoms with Crippen LogP contribution in [-0.4, -0.2) is 38.1 Å². The summed E-state index contributed by atoms with van der Waals surface area (Å²) in [5.74, 6) is -0.369. The number of esters is 1. The molecule has 1 N–H and O–H groups in total. The van der Waals surface area contributed by atoms with Gasteiger partial charge in [-0.2, -0.15) is 0 Å². The maximum absolute atomic E-state index is 13.8. The zero-order chi connectivity index (χ0) is 14.4. The molecule has 0 spiro atoms. The maximum atomic E-state index is 13.8. The van der Waals surface area contributed by atoms with Crippen molar-refractivity contribution in [1.82, 2.24) is 0 Å². The lowest BCUT2D eigenvalue weighted by Gasteiger charge is -2.18. The molecule has 5 nitrogen and oxygen atoms in total. The first kappa shape index (κ1) is 15.2. The van der Waals surface area contributed by atoms with E-state index in [0.717, 1.165) is 0 Å². The van der Waals surface area contributed by atoms with Gasteiger partial charge in [0.2, 0.25) is 6.17 Å². The molecule has 0 heterocycles. The van der Waals surface area contributed by atoms with Crippen LogP contribution in [0.5, 0.6) is 11.5 Å². The quantitative estimate of drug-likeness (QED) is 0.797. The topological polar surface area (TPSA) is 65.0 Å². The minimum absolute atomic E-state index is 0.0473. The monoisotopic (exact) mass is 272 g/mol. The van der Waals surface area contributed by atoms with Crippen LogP contribution in [0.1, 0.15) is 18.6 Å². The zero-order valence-electron chi connectivity index (χ0n) is 11.1. The van der Waals surface area contributed by atoms with Crippen molar-refractivity contribution in [2.24, 2.45) is 0 Å². The Morgan fingerprint density at radius 1 is 1.37 bits per heavy atom. The summed E-state index contributed by atoms with van der Waals surface area (Å²) in [6.45, 7) is 1.61. The second-order valence-electron chi connectivity index (χ2n) is 3.71. The van der Waals surface area contributed by atoms with E-state index in [9.17, 15) is 14.3 Å². The largest absolute Gasteiger partial charge is 0.497 e. The SMILES string of the molecule is CCOC(=O)C(F)C(O)c1ccc(OC)cc1OC. The fourth-order valence-corrected chi connectivity index (χ4v) is 1.57. The number of methoxy groups -OCH3 is 2. The lowest BCUT2D eigenvalue weighted by atomic mass is 10.0. The van der Waals surface area contributed by atoms with Crippen molar-refractivity contribution in [1.29, 1.82) is 0 Å². The van der Waals surface area contributed by atoms with E-state index in [2.05, 4.69) is 4.74 Å². The summed E-state index contributed by atoms with van der Waals surface area (Å²) in [6, 6.07) is 4.48. The number of carbonyl (C=O) groups excluding carboxylic acids is 1. The van der Waals surface area contributed by atoms with E-state index in [-0.39, 0.29) is 17.9 Å². The standard InChI is InChI=1S/C13H17FO5/c1-4-19-13(16)11(14)12(15)9-6-5-8(17-2)7-10(9)18-3/h5-7,11-12,15H,4H2,1-3H3. The highest BCUT2D eigenvalue weighted by Crippen LogP contribution is 2.32. The summed E-state index contributed by atoms with van der Waals surface area (Å²) in [7, 11) is 2.85. The molecule has 19 heavy (non-hydrogen) atoms. The van der Waals surface area contributed by atoms with Crippen LogP contribution in [0.15, 0.2) is 18.2 Å². The number of ether oxygens (including phenoxy) is 3. The number of alkyl halides is 1. The molecule has 6 heteroatoms. The van der Waals surface area contributed by atoms with Gasteiger partial charge in [0.05, 0.1) is 20.8 Å². The average molecular weight is 272 g/mol. The van der Waals surface area contributed by atoms with Gasteiger partial charge in [0.15, 0.2) is 0 Å². The van der Waals surface area contributed by atoms with Crippen LogP contribution in [0.4, 0.5) is 4.39 Å². The summed E-state index contributed by atoms with van der Waals surface area (Å²) in [6.07, 6.45) is -3.82. The van der Waals surface area contributed by atoms with Crippen LogP contribution in [0.25, 0.3) is 0 Å². The highest BCUT2D eigenvalue weighted by atomic mass is 19.1. The molecule has 1 rings (SSSR count). The van der Waals surface area contributed by atoms with E-state index in [4.69, 9.17) is 9.47 Å². The maximum Gasteiger partial charge on any atom is 0.343 e. The minimum Gasteiger partial charge on any atom is -0.497 e. The molecule has 0 saturated heterocycles. The first-order valence-electron chi connectivity index (χ1n) is 5.75. The number of aliphatic hydroxyl groups is 1. The normalized spacial score (nSPS) is 13.5. The van der Waals surface area contributed by atoms with E-state index in [1.54, 1.807) is 13.0 Å². The van der Waals surface area contributed by atoms with Crippen LogP contribution in [0, 0.1) is 0 Å². The first-order chi connectivity index (χ1) is 9.04. The van der Waals surface area contributed by atoms with Crippen LogP contribution in [0.2, 0.25) is 0 Å². The van der Waals surface area contributed by atoms with Crippen molar-refractivity contribution in [3.8, 4) is 11.5 Å². The van der Waals surface area contributed by atoms with E-state index in [1.165, 1.54) is 26.4 Å². The highest BCUT2D eigenvalue weighted by Gasteiger charge is 2.31. The molecular formula is C13H17FO5. The van der Waals surface area contributed by atoms with Crippen LogP contribution < -0.4 is 9.47 Å². The summed E-state index contributed by atoms with van der Waals surface area (Å²) in [4.78, 5) is 11.3. The van der Waals surface area contributed by atoms with Gasteiger partial charge in [0.25, 0.3) is 0 Å². The molecule has 0 fully saturated rings. The first-order valence-corrected chi connectivity index (χ1v) is 5.75. The van der Waals surface area contributed by atoms with Crippen molar-refractivity contribution in [3.63, 3.8) is 0 Å². The van der Waals surface area contributed by atoms with Gasteiger partial charge >= 0.3 is 5.97 Å². The molecule has 106 valence electrons. The van der Waals surface area contributed by atoms with Gasteiger partial charge in [-0.05, 0) is 19.1 Å². The molecular weight excluding hydrogens is 255 g/mol. The number of rotatable bonds is 6. The van der Waals surface area contributed by atoms with Crippen molar-refractivity contribution < 1.29 is 28.5 Å². The molecule has 0 aliphatic rings. The Morgan fingerprint density at radius 2 is 2.05 bits per heavy atom. The van der Waals surface area contributed by atoms with Crippen LogP contribution in [0.3, 0.4) is 0 Å². The summed E-state index contributed by atoms with van der Waals surface area (Å²) < 4.78 is 28.3. The molecule has 0 saturated carbocycles. The lowest BCUT2D eigenvalue weighted by molar-refractivity contribution is -0.153. The molecule has 0 radical (unpaired) electrons. The molecule has 0 aliphatic carbocycles. The van der Waals surface area contributed by atoms with Crippen LogP contribution in [-0.2, 0) is 9.53 Å². The molecule has 1 aromatic carbocycles. The summed E-state index contributed by atoms with van der Waals surface area (Å²) in [5.41, 5.74) is 0.156. The molecule has 2 unspecified atom stereocenters. The second kappa shape index (κ2) is 6.94. The Balaban J connectivity index is 2.98. The average Bonchev–Trinajstić information content (AvgIpc) is 2.45. The third kappa shape index (κ3) is 3.57. The van der Waals surface area contributed by atoms with Gasteiger partial charge in [-0.3, -0.25) is 0 Å². The molecule has 2 atom stereocenters. The Labute approximate surface area is 110 Å². The molecule has 0 aromatic heterocycles. The van der Waals surface area contributed by atoms with E-state index in [0.29, 0.717) is 5.75 Å². The number of hydrogen-bond acceptors (Lipinski definition) is 5. The highest BCUT2D eigenvalue weighted by molar-refractivity contribution is 5.75. The predicted octanol–water partition coefficient (Wildman–Crippen LogP) is 1.64. The van der Waals surface area contributed by atoms with Crippen molar-refractivity contribution in [2.75, 3.05) is 20.8 Å². The minimum atomic E-state index is -2.16. The Bertz CT molecular complexity index is 435. The fourth-order valence-electron chi connectivity index (χ4n) is 1.57. The van der Waals surface area contributed by atoms with Crippen molar-refractivity contribution >= 4 is 5.97 Å². The number of aliphatic hydroxyl groups excluding tert-OH is 1. The van der Waals surface area contributed by atoms with Gasteiger partial charge < -0.3 is 19.3 Å². The zero-order valence-corrected chi connectivity index (χ0v) is 11.1. The molecule has 0 aliphatic heterocycles. The molecule has 0 amide bonds. The number of halogens is 1. The number of benzene rings is 1. The van der Waals surface area contributed by atoms with Gasteiger partial charge in [-0.1, -0.05) is 0 Å². The molecule has 0 bridgehead atoms. The second-order valence-corrected chi connectivity index (χ2v) is 3.71. The fraction of sp³-hybridized carbons (Fsp3) is 0.462. The number of hydrogen-bond donors (Lipinski definition) is 1. The lowest BCUT2D eigenvalue weighted by Crippen LogP contribution is -2.26. The predicted molar refractivity (Wildman–Crippen MR) is 66.0 cm³/mol. The number of carbonyl (C=O) groups is 1. The van der Waals surface area contributed by atoms with Gasteiger partial charge in [-0.25, -0.2) is 9.18 Å². The van der Waals surface area contributed by atoms with Gasteiger partial charge in [-0.15, -0.1) is 0 Å². The molecule has 1 aromatic rings. The summed E-state index contributed by atoms with van der Waals surface area (Å²) in [5, 5.41) is 9.86. The third-order valence-electron chi connectivity index (χ3n) is 2.55. The van der Waals surface area contributed by atoms with Gasteiger partial charge in [0.1, 0.15) is 17.6 Å². The Morgan fingerprint density at radius 3 is 2.58 bits per heavy atom. The Hall–Kier alpha value is -1.82. The smallest absolute Gasteiger partial charge is 0.343 e. The van der Waals surface area contributed by atoms with E-state index < -0.39 is 18.2 Å². The van der Waals surface area contributed by atoms with Gasteiger partial charge in [0, 0.05) is 11.6 Å². The van der Waals surface area contributed by atoms with Crippen LogP contribution >= 0.6 is 0 Å². The van der Waals surface area contributed by atoms with Crippen molar-refractivity contribution in [3.05, 3.63) is 23.8 Å². The van der Waals surface area contributed by atoms with E-state index >= 15 is 0 Å².